The molecule has 1 heterocycles. The van der Waals surface area contributed by atoms with Gasteiger partial charge in [0.25, 0.3) is 5.69 Å². The van der Waals surface area contributed by atoms with Gasteiger partial charge in [-0.05, 0) is 25.3 Å². The van der Waals surface area contributed by atoms with Crippen LogP contribution in [0.25, 0.3) is 0 Å². The number of nitrogens with zero attached hydrogens (tertiary/aromatic N) is 2. The lowest BCUT2D eigenvalue weighted by Crippen LogP contribution is -2.12. The number of hydrogen-bond donors (Lipinski definition) is 1. The van der Waals surface area contributed by atoms with Crippen molar-refractivity contribution in [3.8, 4) is 0 Å². The third kappa shape index (κ3) is 5.65. The van der Waals surface area contributed by atoms with Crippen molar-refractivity contribution < 1.29 is 9.66 Å². The Kier molecular flexibility index (Phi) is 6.21. The molecule has 0 bridgehead atoms. The highest BCUT2D eigenvalue weighted by molar-refractivity contribution is 5.46. The number of aromatic nitrogens is 1. The summed E-state index contributed by atoms with van der Waals surface area (Å²) in [6, 6.07) is 1.67. The Morgan fingerprint density at radius 1 is 1.47 bits per heavy atom. The molecule has 1 N–H and O–H groups in total. The Labute approximate surface area is 113 Å². The molecule has 6 heteroatoms. The van der Waals surface area contributed by atoms with E-state index in [1.807, 2.05) is 0 Å². The predicted molar refractivity (Wildman–Crippen MR) is 74.4 cm³/mol. The molecule has 0 spiro atoms. The minimum Gasteiger partial charge on any atom is -0.380 e. The van der Waals surface area contributed by atoms with Gasteiger partial charge in [-0.2, -0.15) is 0 Å². The van der Waals surface area contributed by atoms with Crippen molar-refractivity contribution in [2.75, 3.05) is 25.1 Å². The van der Waals surface area contributed by atoms with E-state index >= 15 is 0 Å². The lowest BCUT2D eigenvalue weighted by atomic mass is 10.1. The number of hydrogen-bond acceptors (Lipinski definition) is 5. The lowest BCUT2D eigenvalue weighted by molar-refractivity contribution is -0.385. The van der Waals surface area contributed by atoms with Crippen LogP contribution in [-0.2, 0) is 4.74 Å². The largest absolute Gasteiger partial charge is 0.380 e. The van der Waals surface area contributed by atoms with Gasteiger partial charge < -0.3 is 10.1 Å². The highest BCUT2D eigenvalue weighted by Gasteiger charge is 2.10. The quantitative estimate of drug-likeness (QED) is 0.445. The number of ether oxygens (including phenoxy) is 1. The van der Waals surface area contributed by atoms with Gasteiger partial charge in [-0.3, -0.25) is 10.1 Å². The van der Waals surface area contributed by atoms with E-state index in [-0.39, 0.29) is 5.69 Å². The van der Waals surface area contributed by atoms with Crippen molar-refractivity contribution in [2.45, 2.75) is 27.2 Å². The first-order valence-electron chi connectivity index (χ1n) is 6.43. The molecule has 1 aromatic heterocycles. The van der Waals surface area contributed by atoms with Crippen molar-refractivity contribution in [1.29, 1.82) is 0 Å². The average Bonchev–Trinajstić information content (AvgIpc) is 2.32. The average molecular weight is 267 g/mol. The van der Waals surface area contributed by atoms with Crippen molar-refractivity contribution >= 4 is 11.5 Å². The van der Waals surface area contributed by atoms with Crippen LogP contribution in [0.2, 0.25) is 0 Å². The van der Waals surface area contributed by atoms with Gasteiger partial charge in [-0.15, -0.1) is 0 Å². The maximum Gasteiger partial charge on any atom is 0.290 e. The zero-order chi connectivity index (χ0) is 14.3. The summed E-state index contributed by atoms with van der Waals surface area (Å²) in [6.45, 7) is 8.01. The summed E-state index contributed by atoms with van der Waals surface area (Å²) in [4.78, 5) is 14.2. The molecule has 0 fully saturated rings. The first kappa shape index (κ1) is 15.4. The Morgan fingerprint density at radius 2 is 2.21 bits per heavy atom. The van der Waals surface area contributed by atoms with E-state index in [0.29, 0.717) is 30.5 Å². The summed E-state index contributed by atoms with van der Waals surface area (Å²) >= 11 is 0. The van der Waals surface area contributed by atoms with Gasteiger partial charge >= 0.3 is 0 Å². The molecule has 0 saturated heterocycles. The second-order valence-corrected chi connectivity index (χ2v) is 4.83. The molecule has 19 heavy (non-hydrogen) atoms. The van der Waals surface area contributed by atoms with Crippen LogP contribution in [0.15, 0.2) is 12.3 Å². The van der Waals surface area contributed by atoms with Crippen LogP contribution >= 0.6 is 0 Å². The van der Waals surface area contributed by atoms with Crippen molar-refractivity contribution in [3.63, 3.8) is 0 Å². The fraction of sp³-hybridized carbons (Fsp3) is 0.615. The van der Waals surface area contributed by atoms with Crippen LogP contribution in [0.1, 0.15) is 25.8 Å². The number of nitrogens with one attached hydrogen (secondary N) is 1. The van der Waals surface area contributed by atoms with E-state index in [9.17, 15) is 10.1 Å². The van der Waals surface area contributed by atoms with Crippen molar-refractivity contribution in [3.05, 3.63) is 27.9 Å². The summed E-state index contributed by atoms with van der Waals surface area (Å²) in [5.41, 5.74) is 0.641. The molecule has 0 unspecified atom stereocenters. The molecular formula is C13H21N3O3. The molecule has 1 rings (SSSR count). The van der Waals surface area contributed by atoms with E-state index in [2.05, 4.69) is 24.1 Å². The zero-order valence-electron chi connectivity index (χ0n) is 11.7. The van der Waals surface area contributed by atoms with Crippen LogP contribution < -0.4 is 5.32 Å². The maximum absolute atomic E-state index is 10.6. The third-order valence-corrected chi connectivity index (χ3v) is 2.67. The van der Waals surface area contributed by atoms with Gasteiger partial charge in [0.15, 0.2) is 0 Å². The number of anilines is 1. The smallest absolute Gasteiger partial charge is 0.290 e. The number of pyridine rings is 1. The lowest BCUT2D eigenvalue weighted by Gasteiger charge is -2.08. The highest BCUT2D eigenvalue weighted by atomic mass is 16.6. The molecule has 1 aromatic rings. The Morgan fingerprint density at radius 3 is 2.79 bits per heavy atom. The maximum atomic E-state index is 10.6. The SMILES string of the molecule is Cc1cc(NCCOCCC(C)C)ncc1[N+](=O)[O-]. The monoisotopic (exact) mass is 267 g/mol. The van der Waals surface area contributed by atoms with Crippen LogP contribution in [-0.4, -0.2) is 29.7 Å². The van der Waals surface area contributed by atoms with Crippen LogP contribution in [0.3, 0.4) is 0 Å². The molecule has 0 atom stereocenters. The fourth-order valence-corrected chi connectivity index (χ4v) is 1.51. The summed E-state index contributed by atoms with van der Waals surface area (Å²) in [7, 11) is 0. The zero-order valence-corrected chi connectivity index (χ0v) is 11.7. The molecule has 0 aliphatic rings. The van der Waals surface area contributed by atoms with E-state index in [1.54, 1.807) is 13.0 Å². The summed E-state index contributed by atoms with van der Waals surface area (Å²) in [5, 5.41) is 13.7. The summed E-state index contributed by atoms with van der Waals surface area (Å²) < 4.78 is 5.46. The minimum atomic E-state index is -0.429. The minimum absolute atomic E-state index is 0.0405. The van der Waals surface area contributed by atoms with Gasteiger partial charge in [0.2, 0.25) is 0 Å². The van der Waals surface area contributed by atoms with Crippen LogP contribution in [0, 0.1) is 23.0 Å². The van der Waals surface area contributed by atoms with Crippen LogP contribution in [0.4, 0.5) is 11.5 Å². The molecule has 0 saturated carbocycles. The Bertz CT molecular complexity index is 422. The first-order valence-corrected chi connectivity index (χ1v) is 6.43. The molecule has 106 valence electrons. The summed E-state index contributed by atoms with van der Waals surface area (Å²) in [5.74, 6) is 1.28. The normalized spacial score (nSPS) is 10.7. The third-order valence-electron chi connectivity index (χ3n) is 2.67. The molecule has 0 aliphatic heterocycles. The van der Waals surface area contributed by atoms with E-state index in [4.69, 9.17) is 4.74 Å². The van der Waals surface area contributed by atoms with Crippen LogP contribution in [0.5, 0.6) is 0 Å². The van der Waals surface area contributed by atoms with Gasteiger partial charge in [-0.25, -0.2) is 4.98 Å². The van der Waals surface area contributed by atoms with E-state index in [1.165, 1.54) is 6.20 Å². The Hall–Kier alpha value is -1.69. The van der Waals surface area contributed by atoms with Crippen molar-refractivity contribution in [2.24, 2.45) is 5.92 Å². The first-order chi connectivity index (χ1) is 9.00. The van der Waals surface area contributed by atoms with Gasteiger partial charge in [0.1, 0.15) is 12.0 Å². The molecular weight excluding hydrogens is 246 g/mol. The molecule has 6 nitrogen and oxygen atoms in total. The summed E-state index contributed by atoms with van der Waals surface area (Å²) in [6.07, 6.45) is 2.33. The highest BCUT2D eigenvalue weighted by Crippen LogP contribution is 2.18. The second-order valence-electron chi connectivity index (χ2n) is 4.83. The van der Waals surface area contributed by atoms with Gasteiger partial charge in [0.05, 0.1) is 11.5 Å². The van der Waals surface area contributed by atoms with E-state index < -0.39 is 4.92 Å². The predicted octanol–water partition coefficient (Wildman–Crippen LogP) is 2.77. The number of aryl methyl sites for hydroxylation is 1. The van der Waals surface area contributed by atoms with E-state index in [0.717, 1.165) is 13.0 Å². The second kappa shape index (κ2) is 7.68. The topological polar surface area (TPSA) is 77.3 Å². The van der Waals surface area contributed by atoms with Gasteiger partial charge in [-0.1, -0.05) is 13.8 Å². The standard InChI is InChI=1S/C13H21N3O3/c1-10(2)4-6-19-7-5-14-13-8-11(3)12(9-15-13)16(17)18/h8-10H,4-7H2,1-3H3,(H,14,15). The molecule has 0 amide bonds. The van der Waals surface area contributed by atoms with Crippen molar-refractivity contribution in [1.82, 2.24) is 4.98 Å². The number of rotatable bonds is 8. The molecule has 0 aromatic carbocycles. The van der Waals surface area contributed by atoms with Gasteiger partial charge in [0, 0.05) is 18.7 Å². The molecule has 0 aliphatic carbocycles. The molecule has 0 radical (unpaired) electrons. The fourth-order valence-electron chi connectivity index (χ4n) is 1.51. The Balaban J connectivity index is 2.30. The number of nitro groups is 1.